The van der Waals surface area contributed by atoms with Crippen molar-refractivity contribution in [3.63, 3.8) is 0 Å². The Morgan fingerprint density at radius 1 is 1.35 bits per heavy atom. The van der Waals surface area contributed by atoms with E-state index >= 15 is 0 Å². The molecular formula is C24H29N3O3S. The van der Waals surface area contributed by atoms with Crippen LogP contribution >= 0.6 is 11.3 Å². The lowest BCUT2D eigenvalue weighted by molar-refractivity contribution is -0.132. The van der Waals surface area contributed by atoms with Crippen LogP contribution in [0.5, 0.6) is 5.75 Å². The van der Waals surface area contributed by atoms with E-state index in [2.05, 4.69) is 11.4 Å². The van der Waals surface area contributed by atoms with Crippen molar-refractivity contribution in [2.45, 2.75) is 58.9 Å². The van der Waals surface area contributed by atoms with Gasteiger partial charge in [0.05, 0.1) is 18.7 Å². The predicted octanol–water partition coefficient (Wildman–Crippen LogP) is 4.84. The Hall–Kier alpha value is -2.85. The lowest BCUT2D eigenvalue weighted by Crippen LogP contribution is -2.35. The minimum atomic E-state index is -0.122. The van der Waals surface area contributed by atoms with E-state index in [9.17, 15) is 14.9 Å². The van der Waals surface area contributed by atoms with Crippen molar-refractivity contribution in [2.24, 2.45) is 0 Å². The number of anilines is 1. The van der Waals surface area contributed by atoms with Crippen LogP contribution in [0, 0.1) is 11.3 Å². The number of benzene rings is 1. The smallest absolute Gasteiger partial charge is 0.225 e. The Bertz CT molecular complexity index is 992. The second kappa shape index (κ2) is 10.5. The van der Waals surface area contributed by atoms with Crippen molar-refractivity contribution in [3.05, 3.63) is 45.8 Å². The molecular weight excluding hydrogens is 410 g/mol. The van der Waals surface area contributed by atoms with E-state index in [1.807, 2.05) is 49.9 Å². The van der Waals surface area contributed by atoms with Gasteiger partial charge < -0.3 is 15.0 Å². The molecule has 0 saturated heterocycles. The van der Waals surface area contributed by atoms with Crippen molar-refractivity contribution in [2.75, 3.05) is 18.5 Å². The molecule has 1 aromatic carbocycles. The molecule has 0 radical (unpaired) electrons. The van der Waals surface area contributed by atoms with Crippen LogP contribution < -0.4 is 10.1 Å². The minimum Gasteiger partial charge on any atom is -0.494 e. The van der Waals surface area contributed by atoms with Crippen LogP contribution in [0.25, 0.3) is 0 Å². The summed E-state index contributed by atoms with van der Waals surface area (Å²) in [7, 11) is 0. The van der Waals surface area contributed by atoms with Gasteiger partial charge in [-0.1, -0.05) is 26.0 Å². The van der Waals surface area contributed by atoms with Crippen molar-refractivity contribution in [3.8, 4) is 11.8 Å². The van der Waals surface area contributed by atoms with E-state index in [1.165, 1.54) is 11.3 Å². The second-order valence-corrected chi connectivity index (χ2v) is 8.90. The Balaban J connectivity index is 1.69. The maximum atomic E-state index is 12.7. The summed E-state index contributed by atoms with van der Waals surface area (Å²) in [6.07, 6.45) is 2.33. The van der Waals surface area contributed by atoms with Crippen LogP contribution in [0.4, 0.5) is 5.00 Å². The maximum absolute atomic E-state index is 12.7. The van der Waals surface area contributed by atoms with Gasteiger partial charge in [-0.25, -0.2) is 0 Å². The molecule has 31 heavy (non-hydrogen) atoms. The molecule has 0 unspecified atom stereocenters. The van der Waals surface area contributed by atoms with E-state index in [4.69, 9.17) is 4.74 Å². The molecule has 1 aromatic heterocycles. The molecule has 1 atom stereocenters. The number of hydrogen-bond donors (Lipinski definition) is 1. The number of ether oxygens (including phenoxy) is 1. The van der Waals surface area contributed by atoms with Crippen LogP contribution in [0.2, 0.25) is 0 Å². The van der Waals surface area contributed by atoms with Gasteiger partial charge in [-0.05, 0) is 48.9 Å². The number of thiophene rings is 1. The zero-order chi connectivity index (χ0) is 22.4. The number of nitrogens with zero attached hydrogens (tertiary/aromatic N) is 2. The highest BCUT2D eigenvalue weighted by atomic mass is 32.1. The quantitative estimate of drug-likeness (QED) is 0.638. The van der Waals surface area contributed by atoms with E-state index in [0.717, 1.165) is 28.2 Å². The molecule has 2 amide bonds. The van der Waals surface area contributed by atoms with Gasteiger partial charge in [0.1, 0.15) is 16.8 Å². The SMILES string of the molecule is CCCC(=O)N1CCc2c(sc(NC(=O)C[C@H](C)c3cccc(OCC)c3)c2C#N)C1. The summed E-state index contributed by atoms with van der Waals surface area (Å²) in [5.74, 6) is 0.840. The molecule has 0 saturated carbocycles. The van der Waals surface area contributed by atoms with E-state index < -0.39 is 0 Å². The highest BCUT2D eigenvalue weighted by Gasteiger charge is 2.27. The molecule has 3 rings (SSSR count). The predicted molar refractivity (Wildman–Crippen MR) is 122 cm³/mol. The topological polar surface area (TPSA) is 82.4 Å². The third-order valence-electron chi connectivity index (χ3n) is 5.47. The Kier molecular flexibility index (Phi) is 7.69. The highest BCUT2D eigenvalue weighted by Crippen LogP contribution is 2.37. The average molecular weight is 440 g/mol. The summed E-state index contributed by atoms with van der Waals surface area (Å²) in [6.45, 7) is 7.68. The molecule has 1 aliphatic rings. The lowest BCUT2D eigenvalue weighted by Gasteiger charge is -2.26. The minimum absolute atomic E-state index is 0.0164. The van der Waals surface area contributed by atoms with Crippen molar-refractivity contribution in [1.82, 2.24) is 4.90 Å². The van der Waals surface area contributed by atoms with Crippen molar-refractivity contribution < 1.29 is 14.3 Å². The zero-order valence-corrected chi connectivity index (χ0v) is 19.2. The lowest BCUT2D eigenvalue weighted by atomic mass is 9.97. The standard InChI is InChI=1S/C24H29N3O3S/c1-4-7-23(29)27-11-10-19-20(14-25)24(31-21(19)15-27)26-22(28)12-16(3)17-8-6-9-18(13-17)30-5-2/h6,8-9,13,16H,4-5,7,10-12,15H2,1-3H3,(H,26,28)/t16-/m0/s1. The summed E-state index contributed by atoms with van der Waals surface area (Å²) in [5, 5.41) is 13.2. The maximum Gasteiger partial charge on any atom is 0.225 e. The number of nitriles is 1. The molecule has 0 spiro atoms. The van der Waals surface area contributed by atoms with Gasteiger partial charge in [-0.15, -0.1) is 11.3 Å². The average Bonchev–Trinajstić information content (AvgIpc) is 3.10. The van der Waals surface area contributed by atoms with Gasteiger partial charge in [0.25, 0.3) is 0 Å². The molecule has 6 nitrogen and oxygen atoms in total. The highest BCUT2D eigenvalue weighted by molar-refractivity contribution is 7.16. The third kappa shape index (κ3) is 5.45. The zero-order valence-electron chi connectivity index (χ0n) is 18.4. The van der Waals surface area contributed by atoms with Crippen LogP contribution in [0.3, 0.4) is 0 Å². The van der Waals surface area contributed by atoms with Gasteiger partial charge in [0.2, 0.25) is 11.8 Å². The number of carbonyl (C=O) groups is 2. The second-order valence-electron chi connectivity index (χ2n) is 7.79. The molecule has 2 heterocycles. The number of rotatable bonds is 8. The monoisotopic (exact) mass is 439 g/mol. The normalized spacial score (nSPS) is 13.8. The number of amides is 2. The fourth-order valence-electron chi connectivity index (χ4n) is 3.85. The number of fused-ring (bicyclic) bond motifs is 1. The molecule has 0 aliphatic carbocycles. The Labute approximate surface area is 187 Å². The van der Waals surface area contributed by atoms with Crippen molar-refractivity contribution >= 4 is 28.2 Å². The molecule has 1 N–H and O–H groups in total. The van der Waals surface area contributed by atoms with E-state index in [0.29, 0.717) is 49.5 Å². The van der Waals surface area contributed by atoms with Gasteiger partial charge >= 0.3 is 0 Å². The number of nitrogens with one attached hydrogen (secondary N) is 1. The largest absolute Gasteiger partial charge is 0.494 e. The van der Waals surface area contributed by atoms with Gasteiger partial charge in [-0.2, -0.15) is 5.26 Å². The summed E-state index contributed by atoms with van der Waals surface area (Å²) in [5.41, 5.74) is 2.56. The van der Waals surface area contributed by atoms with Crippen LogP contribution in [-0.2, 0) is 22.6 Å². The van der Waals surface area contributed by atoms with Gasteiger partial charge in [-0.3, -0.25) is 9.59 Å². The first-order valence-corrected chi connectivity index (χ1v) is 11.6. The van der Waals surface area contributed by atoms with Gasteiger partial charge in [0.15, 0.2) is 0 Å². The van der Waals surface area contributed by atoms with Crippen LogP contribution in [0.1, 0.15) is 67.5 Å². The first kappa shape index (κ1) is 22.8. The Morgan fingerprint density at radius 2 is 2.16 bits per heavy atom. The van der Waals surface area contributed by atoms with Crippen molar-refractivity contribution in [1.29, 1.82) is 5.26 Å². The van der Waals surface area contributed by atoms with Crippen LogP contribution in [-0.4, -0.2) is 29.9 Å². The molecule has 164 valence electrons. The molecule has 1 aliphatic heterocycles. The summed E-state index contributed by atoms with van der Waals surface area (Å²) >= 11 is 1.42. The molecule has 7 heteroatoms. The molecule has 0 fully saturated rings. The number of hydrogen-bond acceptors (Lipinski definition) is 5. The van der Waals surface area contributed by atoms with Crippen LogP contribution in [0.15, 0.2) is 24.3 Å². The fraction of sp³-hybridized carbons (Fsp3) is 0.458. The first-order chi connectivity index (χ1) is 15.0. The van der Waals surface area contributed by atoms with E-state index in [1.54, 1.807) is 0 Å². The summed E-state index contributed by atoms with van der Waals surface area (Å²) < 4.78 is 5.55. The van der Waals surface area contributed by atoms with Gasteiger partial charge in [0, 0.05) is 24.3 Å². The Morgan fingerprint density at radius 3 is 2.87 bits per heavy atom. The summed E-state index contributed by atoms with van der Waals surface area (Å²) in [4.78, 5) is 27.8. The first-order valence-electron chi connectivity index (χ1n) is 10.8. The summed E-state index contributed by atoms with van der Waals surface area (Å²) in [6, 6.07) is 10.1. The number of carbonyl (C=O) groups excluding carboxylic acids is 2. The molecule has 0 bridgehead atoms. The van der Waals surface area contributed by atoms with E-state index in [-0.39, 0.29) is 17.7 Å². The molecule has 2 aromatic rings. The third-order valence-corrected chi connectivity index (χ3v) is 6.60. The fourth-order valence-corrected chi connectivity index (χ4v) is 5.08.